The van der Waals surface area contributed by atoms with Crippen molar-refractivity contribution in [3.63, 3.8) is 0 Å². The van der Waals surface area contributed by atoms with E-state index in [1.54, 1.807) is 12.1 Å². The van der Waals surface area contributed by atoms with Gasteiger partial charge >= 0.3 is 0 Å². The van der Waals surface area contributed by atoms with Crippen molar-refractivity contribution in [2.75, 3.05) is 0 Å². The van der Waals surface area contributed by atoms with Crippen molar-refractivity contribution in [2.45, 2.75) is 18.8 Å². The number of hydrogen-bond acceptors (Lipinski definition) is 1. The SMILES string of the molecule is O=C1C2=CC=CCC2CC1c1ccc(F)cc1. The number of benzene rings is 1. The van der Waals surface area contributed by atoms with E-state index in [1.807, 2.05) is 12.2 Å². The lowest BCUT2D eigenvalue weighted by Crippen LogP contribution is -2.06. The van der Waals surface area contributed by atoms with Crippen LogP contribution in [0, 0.1) is 11.7 Å². The molecule has 2 unspecified atom stereocenters. The van der Waals surface area contributed by atoms with Crippen molar-refractivity contribution in [2.24, 2.45) is 5.92 Å². The Morgan fingerprint density at radius 1 is 1.18 bits per heavy atom. The van der Waals surface area contributed by atoms with E-state index in [9.17, 15) is 9.18 Å². The van der Waals surface area contributed by atoms with Crippen LogP contribution in [-0.2, 0) is 4.79 Å². The highest BCUT2D eigenvalue weighted by atomic mass is 19.1. The highest BCUT2D eigenvalue weighted by Gasteiger charge is 2.37. The first-order valence-corrected chi connectivity index (χ1v) is 5.92. The molecule has 0 N–H and O–H groups in total. The van der Waals surface area contributed by atoms with Gasteiger partial charge in [-0.2, -0.15) is 0 Å². The Balaban J connectivity index is 1.92. The maximum absolute atomic E-state index is 12.9. The molecule has 0 bridgehead atoms. The number of ketones is 1. The average Bonchev–Trinajstić information content (AvgIpc) is 2.69. The van der Waals surface area contributed by atoms with Crippen LogP contribution in [0.3, 0.4) is 0 Å². The number of fused-ring (bicyclic) bond motifs is 1. The Morgan fingerprint density at radius 2 is 1.94 bits per heavy atom. The maximum atomic E-state index is 12.9. The summed E-state index contributed by atoms with van der Waals surface area (Å²) in [6.45, 7) is 0. The first kappa shape index (κ1) is 10.5. The van der Waals surface area contributed by atoms with Crippen LogP contribution in [0.1, 0.15) is 24.3 Å². The van der Waals surface area contributed by atoms with Crippen molar-refractivity contribution < 1.29 is 9.18 Å². The Morgan fingerprint density at radius 3 is 2.65 bits per heavy atom. The molecule has 86 valence electrons. The fraction of sp³-hybridized carbons (Fsp3) is 0.267. The topological polar surface area (TPSA) is 17.1 Å². The number of rotatable bonds is 1. The van der Waals surface area contributed by atoms with E-state index in [-0.39, 0.29) is 17.5 Å². The smallest absolute Gasteiger partial charge is 0.166 e. The van der Waals surface area contributed by atoms with Gasteiger partial charge in [-0.05, 0) is 42.0 Å². The van der Waals surface area contributed by atoms with Crippen LogP contribution in [-0.4, -0.2) is 5.78 Å². The molecule has 0 amide bonds. The van der Waals surface area contributed by atoms with Gasteiger partial charge in [-0.1, -0.05) is 30.4 Å². The lowest BCUT2D eigenvalue weighted by molar-refractivity contribution is -0.115. The average molecular weight is 228 g/mol. The molecule has 1 fully saturated rings. The van der Waals surface area contributed by atoms with E-state index in [0.29, 0.717) is 5.92 Å². The Bertz CT molecular complexity index is 510. The third-order valence-electron chi connectivity index (χ3n) is 3.67. The van der Waals surface area contributed by atoms with Crippen molar-refractivity contribution in [3.8, 4) is 0 Å². The van der Waals surface area contributed by atoms with Gasteiger partial charge in [0.15, 0.2) is 5.78 Å². The molecule has 0 spiro atoms. The largest absolute Gasteiger partial charge is 0.294 e. The van der Waals surface area contributed by atoms with Crippen molar-refractivity contribution in [1.82, 2.24) is 0 Å². The highest BCUT2D eigenvalue weighted by Crippen LogP contribution is 2.42. The molecule has 1 aromatic rings. The fourth-order valence-corrected chi connectivity index (χ4v) is 2.76. The molecule has 2 heteroatoms. The highest BCUT2D eigenvalue weighted by molar-refractivity contribution is 6.03. The second-order valence-electron chi connectivity index (χ2n) is 4.69. The Labute approximate surface area is 99.7 Å². The number of Topliss-reactive ketones (excluding diaryl/α,β-unsaturated/α-hetero) is 1. The minimum Gasteiger partial charge on any atom is -0.294 e. The summed E-state index contributed by atoms with van der Waals surface area (Å²) in [5.74, 6) is 0.248. The van der Waals surface area contributed by atoms with E-state index in [0.717, 1.165) is 24.0 Å². The van der Waals surface area contributed by atoms with Crippen LogP contribution >= 0.6 is 0 Å². The quantitative estimate of drug-likeness (QED) is 0.720. The van der Waals surface area contributed by atoms with Crippen LogP contribution in [0.15, 0.2) is 48.1 Å². The summed E-state index contributed by atoms with van der Waals surface area (Å²) < 4.78 is 12.9. The van der Waals surface area contributed by atoms with Crippen molar-refractivity contribution >= 4 is 5.78 Å². The van der Waals surface area contributed by atoms with Gasteiger partial charge in [-0.15, -0.1) is 0 Å². The predicted octanol–water partition coefficient (Wildman–Crippen LogP) is 3.38. The van der Waals surface area contributed by atoms with Crippen LogP contribution < -0.4 is 0 Å². The molecule has 0 heterocycles. The Hall–Kier alpha value is -1.70. The molecule has 2 aliphatic carbocycles. The zero-order valence-electron chi connectivity index (χ0n) is 9.40. The number of hydrogen-bond donors (Lipinski definition) is 0. The summed E-state index contributed by atoms with van der Waals surface area (Å²) in [7, 11) is 0. The van der Waals surface area contributed by atoms with E-state index in [1.165, 1.54) is 12.1 Å². The number of halogens is 1. The molecule has 0 aliphatic heterocycles. The van der Waals surface area contributed by atoms with E-state index in [2.05, 4.69) is 6.08 Å². The third-order valence-corrected chi connectivity index (χ3v) is 3.67. The summed E-state index contributed by atoms with van der Waals surface area (Å²) in [5.41, 5.74) is 1.88. The van der Waals surface area contributed by atoms with Gasteiger partial charge in [0.1, 0.15) is 5.82 Å². The molecule has 0 saturated heterocycles. The summed E-state index contributed by atoms with van der Waals surface area (Å²) in [6.07, 6.45) is 7.81. The van der Waals surface area contributed by atoms with E-state index >= 15 is 0 Å². The summed E-state index contributed by atoms with van der Waals surface area (Å²) in [5, 5.41) is 0. The standard InChI is InChI=1S/C15H13FO/c16-12-7-5-10(6-8-12)14-9-11-3-1-2-4-13(11)15(14)17/h1-2,4-8,11,14H,3,9H2. The lowest BCUT2D eigenvalue weighted by Gasteiger charge is -2.10. The predicted molar refractivity (Wildman–Crippen MR) is 64.1 cm³/mol. The molecule has 1 aromatic carbocycles. The maximum Gasteiger partial charge on any atom is 0.166 e. The van der Waals surface area contributed by atoms with Crippen LogP contribution in [0.2, 0.25) is 0 Å². The molecule has 17 heavy (non-hydrogen) atoms. The van der Waals surface area contributed by atoms with Gasteiger partial charge in [0.25, 0.3) is 0 Å². The van der Waals surface area contributed by atoms with Gasteiger partial charge < -0.3 is 0 Å². The minimum atomic E-state index is -0.252. The van der Waals surface area contributed by atoms with Gasteiger partial charge in [0, 0.05) is 5.92 Å². The van der Waals surface area contributed by atoms with Crippen LogP contribution in [0.4, 0.5) is 4.39 Å². The number of allylic oxidation sites excluding steroid dienone is 4. The molecule has 1 saturated carbocycles. The van der Waals surface area contributed by atoms with E-state index < -0.39 is 0 Å². The second kappa shape index (κ2) is 3.95. The monoisotopic (exact) mass is 228 g/mol. The molecule has 3 rings (SSSR count). The molecule has 0 aromatic heterocycles. The third kappa shape index (κ3) is 1.74. The summed E-state index contributed by atoms with van der Waals surface area (Å²) >= 11 is 0. The first-order chi connectivity index (χ1) is 8.25. The van der Waals surface area contributed by atoms with Crippen LogP contribution in [0.25, 0.3) is 0 Å². The summed E-state index contributed by atoms with van der Waals surface area (Å²) in [6, 6.07) is 6.31. The molecule has 2 aliphatic rings. The molecular weight excluding hydrogens is 215 g/mol. The number of carbonyl (C=O) groups excluding carboxylic acids is 1. The fourth-order valence-electron chi connectivity index (χ4n) is 2.76. The normalized spacial score (nSPS) is 26.9. The second-order valence-corrected chi connectivity index (χ2v) is 4.69. The lowest BCUT2D eigenvalue weighted by atomic mass is 9.94. The van der Waals surface area contributed by atoms with Gasteiger partial charge in [0.05, 0.1) is 0 Å². The molecule has 1 nitrogen and oxygen atoms in total. The van der Waals surface area contributed by atoms with Crippen LogP contribution in [0.5, 0.6) is 0 Å². The van der Waals surface area contributed by atoms with Crippen molar-refractivity contribution in [1.29, 1.82) is 0 Å². The van der Waals surface area contributed by atoms with Gasteiger partial charge in [-0.3, -0.25) is 4.79 Å². The van der Waals surface area contributed by atoms with E-state index in [4.69, 9.17) is 0 Å². The first-order valence-electron chi connectivity index (χ1n) is 5.92. The van der Waals surface area contributed by atoms with Crippen molar-refractivity contribution in [3.05, 3.63) is 59.4 Å². The zero-order chi connectivity index (χ0) is 11.8. The molecule has 0 radical (unpaired) electrons. The van der Waals surface area contributed by atoms with Gasteiger partial charge in [-0.25, -0.2) is 4.39 Å². The molecule has 2 atom stereocenters. The molecular formula is C15H13FO. The Kier molecular flexibility index (Phi) is 2.43. The number of carbonyl (C=O) groups is 1. The summed E-state index contributed by atoms with van der Waals surface area (Å²) in [4.78, 5) is 12.2. The van der Waals surface area contributed by atoms with Gasteiger partial charge in [0.2, 0.25) is 0 Å². The minimum absolute atomic E-state index is 0.0771. The zero-order valence-corrected chi connectivity index (χ0v) is 9.40.